The third-order valence-corrected chi connectivity index (χ3v) is 3.66. The van der Waals surface area contributed by atoms with E-state index in [1.54, 1.807) is 0 Å². The molecule has 1 heterocycles. The summed E-state index contributed by atoms with van der Waals surface area (Å²) >= 11 is 0. The van der Waals surface area contributed by atoms with Crippen molar-refractivity contribution in [2.45, 2.75) is 38.6 Å². The van der Waals surface area contributed by atoms with Crippen LogP contribution in [0.2, 0.25) is 0 Å². The molecule has 1 aromatic rings. The van der Waals surface area contributed by atoms with Crippen molar-refractivity contribution < 1.29 is 5.11 Å². The molecule has 0 bridgehead atoms. The zero-order valence-electron chi connectivity index (χ0n) is 10.9. The number of aliphatic hydroxyl groups excluding tert-OH is 1. The molecule has 18 heavy (non-hydrogen) atoms. The molecule has 0 saturated carbocycles. The van der Waals surface area contributed by atoms with Gasteiger partial charge in [-0.3, -0.25) is 0 Å². The molecule has 1 aliphatic rings. The van der Waals surface area contributed by atoms with Crippen LogP contribution >= 0.6 is 0 Å². The molecule has 1 saturated heterocycles. The normalized spacial score (nSPS) is 18.9. The molecular formula is C15H20N2O. The quantitative estimate of drug-likeness (QED) is 0.885. The Kier molecular flexibility index (Phi) is 4.22. The van der Waals surface area contributed by atoms with E-state index in [0.717, 1.165) is 30.6 Å². The number of rotatable bonds is 4. The molecule has 1 fully saturated rings. The lowest BCUT2D eigenvalue weighted by atomic mass is 10.1. The molecule has 0 aliphatic carbocycles. The van der Waals surface area contributed by atoms with Crippen LogP contribution < -0.4 is 4.90 Å². The van der Waals surface area contributed by atoms with Crippen LogP contribution in [0.4, 0.5) is 5.69 Å². The summed E-state index contributed by atoms with van der Waals surface area (Å²) in [5, 5.41) is 18.2. The van der Waals surface area contributed by atoms with Gasteiger partial charge in [0.25, 0.3) is 0 Å². The maximum absolute atomic E-state index is 9.22. The Morgan fingerprint density at radius 1 is 1.50 bits per heavy atom. The minimum absolute atomic E-state index is 0.253. The van der Waals surface area contributed by atoms with Gasteiger partial charge in [-0.25, -0.2) is 0 Å². The monoisotopic (exact) mass is 244 g/mol. The highest BCUT2D eigenvalue weighted by Crippen LogP contribution is 2.31. The van der Waals surface area contributed by atoms with Crippen LogP contribution in [-0.2, 0) is 0 Å². The van der Waals surface area contributed by atoms with Gasteiger partial charge >= 0.3 is 0 Å². The van der Waals surface area contributed by atoms with Crippen LogP contribution in [-0.4, -0.2) is 24.3 Å². The first-order valence-electron chi connectivity index (χ1n) is 6.64. The predicted octanol–water partition coefficient (Wildman–Crippen LogP) is 2.61. The van der Waals surface area contributed by atoms with Crippen LogP contribution in [0.1, 0.15) is 36.8 Å². The number of anilines is 1. The fourth-order valence-corrected chi connectivity index (χ4v) is 2.75. The minimum atomic E-state index is 0.253. The van der Waals surface area contributed by atoms with E-state index in [1.165, 1.54) is 18.4 Å². The Hall–Kier alpha value is -1.53. The maximum Gasteiger partial charge on any atom is 0.101 e. The number of aliphatic hydroxyl groups is 1. The van der Waals surface area contributed by atoms with Crippen LogP contribution in [0.25, 0.3) is 0 Å². The molecular weight excluding hydrogens is 224 g/mol. The second-order valence-corrected chi connectivity index (χ2v) is 4.99. The van der Waals surface area contributed by atoms with Crippen molar-refractivity contribution in [3.8, 4) is 6.07 Å². The lowest BCUT2D eigenvalue weighted by Crippen LogP contribution is -2.30. The van der Waals surface area contributed by atoms with Gasteiger partial charge in [-0.1, -0.05) is 6.07 Å². The summed E-state index contributed by atoms with van der Waals surface area (Å²) in [7, 11) is 0. The molecule has 2 rings (SSSR count). The van der Waals surface area contributed by atoms with Crippen LogP contribution in [0.15, 0.2) is 18.2 Å². The van der Waals surface area contributed by atoms with Gasteiger partial charge in [0.15, 0.2) is 0 Å². The molecule has 1 aliphatic heterocycles. The van der Waals surface area contributed by atoms with Crippen molar-refractivity contribution in [3.05, 3.63) is 29.3 Å². The molecule has 0 aromatic heterocycles. The smallest absolute Gasteiger partial charge is 0.101 e. The second kappa shape index (κ2) is 5.88. The fraction of sp³-hybridized carbons (Fsp3) is 0.533. The van der Waals surface area contributed by atoms with Gasteiger partial charge in [-0.2, -0.15) is 5.26 Å². The van der Waals surface area contributed by atoms with E-state index < -0.39 is 0 Å². The van der Waals surface area contributed by atoms with Crippen molar-refractivity contribution >= 4 is 5.69 Å². The van der Waals surface area contributed by atoms with E-state index in [2.05, 4.69) is 24.0 Å². The minimum Gasteiger partial charge on any atom is -0.396 e. The standard InChI is InChI=1S/C15H20N2O/c1-12-6-7-13(11-16)15(10-12)17-8-2-4-14(17)5-3-9-18/h6-7,10,14,18H,2-5,8-9H2,1H3. The molecule has 0 radical (unpaired) electrons. The molecule has 1 unspecified atom stereocenters. The van der Waals surface area contributed by atoms with Gasteiger partial charge in [0.2, 0.25) is 0 Å². The number of hydrogen-bond donors (Lipinski definition) is 1. The Labute approximate surface area is 109 Å². The van der Waals surface area contributed by atoms with Gasteiger partial charge < -0.3 is 10.0 Å². The Bertz CT molecular complexity index is 450. The molecule has 0 amide bonds. The first kappa shape index (κ1) is 12.9. The number of aryl methyl sites for hydroxylation is 1. The van der Waals surface area contributed by atoms with Crippen LogP contribution in [0.5, 0.6) is 0 Å². The molecule has 96 valence electrons. The first-order chi connectivity index (χ1) is 8.76. The summed E-state index contributed by atoms with van der Waals surface area (Å²) in [5.74, 6) is 0. The highest BCUT2D eigenvalue weighted by Gasteiger charge is 2.25. The zero-order valence-corrected chi connectivity index (χ0v) is 10.9. The second-order valence-electron chi connectivity index (χ2n) is 4.99. The van der Waals surface area contributed by atoms with Gasteiger partial charge in [0, 0.05) is 19.2 Å². The summed E-state index contributed by atoms with van der Waals surface area (Å²) in [6, 6.07) is 8.77. The van der Waals surface area contributed by atoms with Crippen molar-refractivity contribution in [1.29, 1.82) is 5.26 Å². The Morgan fingerprint density at radius 3 is 3.06 bits per heavy atom. The van der Waals surface area contributed by atoms with Crippen molar-refractivity contribution in [2.24, 2.45) is 0 Å². The van der Waals surface area contributed by atoms with E-state index in [-0.39, 0.29) is 6.61 Å². The molecule has 1 aromatic carbocycles. The molecule has 3 nitrogen and oxygen atoms in total. The third-order valence-electron chi connectivity index (χ3n) is 3.66. The zero-order chi connectivity index (χ0) is 13.0. The van der Waals surface area contributed by atoms with E-state index >= 15 is 0 Å². The van der Waals surface area contributed by atoms with Crippen LogP contribution in [0.3, 0.4) is 0 Å². The lowest BCUT2D eigenvalue weighted by molar-refractivity contribution is 0.279. The first-order valence-corrected chi connectivity index (χ1v) is 6.64. The van der Waals surface area contributed by atoms with Crippen molar-refractivity contribution in [3.63, 3.8) is 0 Å². The fourth-order valence-electron chi connectivity index (χ4n) is 2.75. The van der Waals surface area contributed by atoms with Crippen molar-refractivity contribution in [2.75, 3.05) is 18.1 Å². The summed E-state index contributed by atoms with van der Waals surface area (Å²) in [6.07, 6.45) is 4.19. The van der Waals surface area contributed by atoms with Gasteiger partial charge in [0.1, 0.15) is 6.07 Å². The van der Waals surface area contributed by atoms with Crippen LogP contribution in [0, 0.1) is 18.3 Å². The van der Waals surface area contributed by atoms with Crippen molar-refractivity contribution in [1.82, 2.24) is 0 Å². The topological polar surface area (TPSA) is 47.3 Å². The molecule has 0 spiro atoms. The predicted molar refractivity (Wildman–Crippen MR) is 72.6 cm³/mol. The SMILES string of the molecule is Cc1ccc(C#N)c(N2CCCC2CCCO)c1. The highest BCUT2D eigenvalue weighted by atomic mass is 16.2. The summed E-state index contributed by atoms with van der Waals surface area (Å²) < 4.78 is 0. The summed E-state index contributed by atoms with van der Waals surface area (Å²) in [6.45, 7) is 3.33. The molecule has 1 N–H and O–H groups in total. The number of nitriles is 1. The highest BCUT2D eigenvalue weighted by molar-refractivity contribution is 5.61. The Morgan fingerprint density at radius 2 is 2.33 bits per heavy atom. The van der Waals surface area contributed by atoms with Gasteiger partial charge in [0.05, 0.1) is 11.3 Å². The average molecular weight is 244 g/mol. The molecule has 1 atom stereocenters. The summed E-state index contributed by atoms with van der Waals surface area (Å²) in [4.78, 5) is 2.35. The number of hydrogen-bond acceptors (Lipinski definition) is 3. The number of benzene rings is 1. The number of nitrogens with zero attached hydrogens (tertiary/aromatic N) is 2. The van der Waals surface area contributed by atoms with Gasteiger partial charge in [-0.15, -0.1) is 0 Å². The summed E-state index contributed by atoms with van der Waals surface area (Å²) in [5.41, 5.74) is 3.02. The van der Waals surface area contributed by atoms with E-state index in [4.69, 9.17) is 5.11 Å². The average Bonchev–Trinajstić information content (AvgIpc) is 2.84. The largest absolute Gasteiger partial charge is 0.396 e. The lowest BCUT2D eigenvalue weighted by Gasteiger charge is -2.28. The van der Waals surface area contributed by atoms with E-state index in [0.29, 0.717) is 6.04 Å². The van der Waals surface area contributed by atoms with E-state index in [1.807, 2.05) is 12.1 Å². The van der Waals surface area contributed by atoms with Gasteiger partial charge in [-0.05, 0) is 50.3 Å². The van der Waals surface area contributed by atoms with E-state index in [9.17, 15) is 5.26 Å². The molecule has 3 heteroatoms. The Balaban J connectivity index is 2.24. The third kappa shape index (κ3) is 2.65. The maximum atomic E-state index is 9.22.